The molecule has 1 heterocycles. The Bertz CT molecular complexity index is 461. The Morgan fingerprint density at radius 2 is 2.33 bits per heavy atom. The Morgan fingerprint density at radius 3 is 3.00 bits per heavy atom. The van der Waals surface area contributed by atoms with Gasteiger partial charge in [-0.2, -0.15) is 0 Å². The van der Waals surface area contributed by atoms with Gasteiger partial charge in [0, 0.05) is 5.69 Å². The van der Waals surface area contributed by atoms with Crippen molar-refractivity contribution in [3.63, 3.8) is 0 Å². The first-order valence-corrected chi connectivity index (χ1v) is 4.98. The first kappa shape index (κ1) is 9.96. The van der Waals surface area contributed by atoms with Crippen LogP contribution in [0.5, 0.6) is 0 Å². The van der Waals surface area contributed by atoms with Crippen LogP contribution in [-0.4, -0.2) is 18.1 Å². The van der Waals surface area contributed by atoms with E-state index in [-0.39, 0.29) is 11.1 Å². The second-order valence-corrected chi connectivity index (χ2v) is 3.88. The highest BCUT2D eigenvalue weighted by Crippen LogP contribution is 2.30. The highest BCUT2D eigenvalue weighted by atomic mass is 16.5. The predicted molar refractivity (Wildman–Crippen MR) is 55.1 cm³/mol. The summed E-state index contributed by atoms with van der Waals surface area (Å²) in [4.78, 5) is 25.6. The lowest BCUT2D eigenvalue weighted by atomic mass is 10.0. The van der Waals surface area contributed by atoms with Crippen LogP contribution in [0.4, 0.5) is 0 Å². The summed E-state index contributed by atoms with van der Waals surface area (Å²) in [5, 5.41) is 0. The van der Waals surface area contributed by atoms with Gasteiger partial charge in [-0.1, -0.05) is 6.92 Å². The molecule has 0 radical (unpaired) electrons. The van der Waals surface area contributed by atoms with Gasteiger partial charge in [-0.05, 0) is 30.4 Å². The molecule has 1 aliphatic carbocycles. The monoisotopic (exact) mass is 207 g/mol. The maximum absolute atomic E-state index is 11.5. The van der Waals surface area contributed by atoms with Crippen LogP contribution in [0.25, 0.3) is 0 Å². The SMILES string of the molecule is COC(=O)c1cc2c([nH]c1=O)CC[C@@H]2C. The van der Waals surface area contributed by atoms with Crippen molar-refractivity contribution < 1.29 is 9.53 Å². The summed E-state index contributed by atoms with van der Waals surface area (Å²) in [5.41, 5.74) is 1.77. The third-order valence-corrected chi connectivity index (χ3v) is 2.92. The average Bonchev–Trinajstić information content (AvgIpc) is 2.58. The van der Waals surface area contributed by atoms with Crippen molar-refractivity contribution in [2.45, 2.75) is 25.7 Å². The molecular formula is C11H13NO3. The summed E-state index contributed by atoms with van der Waals surface area (Å²) >= 11 is 0. The first-order chi connectivity index (χ1) is 7.13. The number of pyridine rings is 1. The van der Waals surface area contributed by atoms with Gasteiger partial charge in [-0.15, -0.1) is 0 Å². The molecule has 0 aromatic carbocycles. The van der Waals surface area contributed by atoms with Crippen molar-refractivity contribution in [2.24, 2.45) is 0 Å². The molecule has 1 N–H and O–H groups in total. The van der Waals surface area contributed by atoms with Gasteiger partial charge < -0.3 is 9.72 Å². The largest absolute Gasteiger partial charge is 0.465 e. The molecule has 80 valence electrons. The van der Waals surface area contributed by atoms with Crippen LogP contribution in [-0.2, 0) is 11.2 Å². The Balaban J connectivity index is 2.55. The topological polar surface area (TPSA) is 59.2 Å². The second kappa shape index (κ2) is 3.53. The van der Waals surface area contributed by atoms with E-state index < -0.39 is 5.97 Å². The molecule has 4 heteroatoms. The van der Waals surface area contributed by atoms with Crippen molar-refractivity contribution in [1.29, 1.82) is 0 Å². The van der Waals surface area contributed by atoms with Crippen LogP contribution in [0, 0.1) is 0 Å². The number of fused-ring (bicyclic) bond motifs is 1. The minimum Gasteiger partial charge on any atom is -0.465 e. The Hall–Kier alpha value is -1.58. The number of aromatic amines is 1. The number of aryl methyl sites for hydroxylation is 1. The highest BCUT2D eigenvalue weighted by molar-refractivity contribution is 5.89. The molecule has 0 unspecified atom stereocenters. The fraction of sp³-hybridized carbons (Fsp3) is 0.455. The van der Waals surface area contributed by atoms with E-state index in [1.807, 2.05) is 0 Å². The number of nitrogens with one attached hydrogen (secondary N) is 1. The summed E-state index contributed by atoms with van der Waals surface area (Å²) in [6.45, 7) is 2.09. The summed E-state index contributed by atoms with van der Waals surface area (Å²) < 4.78 is 4.55. The molecule has 0 fully saturated rings. The van der Waals surface area contributed by atoms with Crippen molar-refractivity contribution in [2.75, 3.05) is 7.11 Å². The van der Waals surface area contributed by atoms with Crippen LogP contribution < -0.4 is 5.56 Å². The van der Waals surface area contributed by atoms with Gasteiger partial charge in [0.25, 0.3) is 5.56 Å². The van der Waals surface area contributed by atoms with Crippen LogP contribution in [0.15, 0.2) is 10.9 Å². The maximum atomic E-state index is 11.5. The number of hydrogen-bond acceptors (Lipinski definition) is 3. The normalized spacial score (nSPS) is 18.7. The van der Waals surface area contributed by atoms with E-state index in [2.05, 4.69) is 16.6 Å². The molecule has 0 aliphatic heterocycles. The Kier molecular flexibility index (Phi) is 2.34. The third kappa shape index (κ3) is 1.56. The molecule has 0 saturated carbocycles. The molecule has 1 aromatic heterocycles. The smallest absolute Gasteiger partial charge is 0.343 e. The van der Waals surface area contributed by atoms with Crippen LogP contribution >= 0.6 is 0 Å². The van der Waals surface area contributed by atoms with E-state index in [9.17, 15) is 9.59 Å². The number of methoxy groups -OCH3 is 1. The van der Waals surface area contributed by atoms with E-state index in [1.54, 1.807) is 6.07 Å². The molecule has 4 nitrogen and oxygen atoms in total. The summed E-state index contributed by atoms with van der Waals surface area (Å²) in [5.74, 6) is -0.168. The summed E-state index contributed by atoms with van der Waals surface area (Å²) in [6, 6.07) is 1.66. The standard InChI is InChI=1S/C11H13NO3/c1-6-3-4-9-7(6)5-8(10(13)12-9)11(14)15-2/h5-6H,3-4H2,1-2H3,(H,12,13)/t6-/m0/s1. The Labute approximate surface area is 87.3 Å². The van der Waals surface area contributed by atoms with Gasteiger partial charge in [0.15, 0.2) is 0 Å². The molecule has 1 atom stereocenters. The first-order valence-electron chi connectivity index (χ1n) is 4.98. The minimum absolute atomic E-state index is 0.102. The number of carbonyl (C=O) groups is 1. The quantitative estimate of drug-likeness (QED) is 0.704. The Morgan fingerprint density at radius 1 is 1.60 bits per heavy atom. The molecule has 15 heavy (non-hydrogen) atoms. The van der Waals surface area contributed by atoms with E-state index in [0.29, 0.717) is 5.92 Å². The second-order valence-electron chi connectivity index (χ2n) is 3.88. The van der Waals surface area contributed by atoms with Gasteiger partial charge in [0.05, 0.1) is 7.11 Å². The lowest BCUT2D eigenvalue weighted by molar-refractivity contribution is 0.0598. The molecule has 0 bridgehead atoms. The van der Waals surface area contributed by atoms with Crippen LogP contribution in [0.3, 0.4) is 0 Å². The fourth-order valence-corrected chi connectivity index (χ4v) is 2.01. The molecular weight excluding hydrogens is 194 g/mol. The lowest BCUT2D eigenvalue weighted by Crippen LogP contribution is -2.20. The lowest BCUT2D eigenvalue weighted by Gasteiger charge is -2.05. The van der Waals surface area contributed by atoms with Crippen LogP contribution in [0.2, 0.25) is 0 Å². The number of esters is 1. The summed E-state index contributed by atoms with van der Waals surface area (Å²) in [6.07, 6.45) is 1.91. The van der Waals surface area contributed by atoms with E-state index in [0.717, 1.165) is 24.1 Å². The zero-order valence-electron chi connectivity index (χ0n) is 8.79. The number of ether oxygens (including phenoxy) is 1. The third-order valence-electron chi connectivity index (χ3n) is 2.92. The molecule has 0 saturated heterocycles. The molecule has 1 aromatic rings. The van der Waals surface area contributed by atoms with Gasteiger partial charge in [-0.3, -0.25) is 4.79 Å². The minimum atomic E-state index is -0.571. The van der Waals surface area contributed by atoms with Crippen molar-refractivity contribution in [1.82, 2.24) is 4.98 Å². The van der Waals surface area contributed by atoms with Gasteiger partial charge >= 0.3 is 5.97 Å². The number of hydrogen-bond donors (Lipinski definition) is 1. The fourth-order valence-electron chi connectivity index (χ4n) is 2.01. The van der Waals surface area contributed by atoms with Crippen molar-refractivity contribution in [3.05, 3.63) is 33.2 Å². The van der Waals surface area contributed by atoms with E-state index in [1.165, 1.54) is 7.11 Å². The van der Waals surface area contributed by atoms with Gasteiger partial charge in [-0.25, -0.2) is 4.79 Å². The number of rotatable bonds is 1. The van der Waals surface area contributed by atoms with Crippen molar-refractivity contribution >= 4 is 5.97 Å². The molecule has 0 amide bonds. The van der Waals surface area contributed by atoms with Gasteiger partial charge in [0.2, 0.25) is 0 Å². The molecule has 2 rings (SSSR count). The number of H-pyrrole nitrogens is 1. The maximum Gasteiger partial charge on any atom is 0.343 e. The summed E-state index contributed by atoms with van der Waals surface area (Å²) in [7, 11) is 1.28. The number of carbonyl (C=O) groups excluding carboxylic acids is 1. The predicted octanol–water partition coefficient (Wildman–Crippen LogP) is 1.21. The zero-order valence-corrected chi connectivity index (χ0v) is 8.79. The van der Waals surface area contributed by atoms with E-state index in [4.69, 9.17) is 0 Å². The number of aromatic nitrogens is 1. The zero-order chi connectivity index (χ0) is 11.0. The molecule has 0 spiro atoms. The van der Waals surface area contributed by atoms with Gasteiger partial charge in [0.1, 0.15) is 5.56 Å². The van der Waals surface area contributed by atoms with E-state index >= 15 is 0 Å². The highest BCUT2D eigenvalue weighted by Gasteiger charge is 2.23. The van der Waals surface area contributed by atoms with Crippen LogP contribution in [0.1, 0.15) is 40.9 Å². The average molecular weight is 207 g/mol. The molecule has 1 aliphatic rings. The van der Waals surface area contributed by atoms with Crippen molar-refractivity contribution in [3.8, 4) is 0 Å².